The van der Waals surface area contributed by atoms with E-state index in [9.17, 15) is 9.59 Å². The van der Waals surface area contributed by atoms with Crippen molar-refractivity contribution in [3.8, 4) is 22.6 Å². The van der Waals surface area contributed by atoms with Gasteiger partial charge in [0.05, 0.1) is 28.9 Å². The van der Waals surface area contributed by atoms with E-state index in [4.69, 9.17) is 37.4 Å². The van der Waals surface area contributed by atoms with Crippen molar-refractivity contribution in [2.45, 2.75) is 0 Å². The molecule has 0 heterocycles. The molecule has 0 aliphatic heterocycles. The summed E-state index contributed by atoms with van der Waals surface area (Å²) in [5.41, 5.74) is 2.76. The smallest absolute Gasteiger partial charge is 0.340 e. The zero-order chi connectivity index (χ0) is 26.2. The standard InChI is InChI=1S/C29H23Cl2NO5/c1-35-29(34)25-18-23(11-13-27(25)32-28(33)24-12-10-21(30)17-26(24)31)37-15-14-36-22-9-5-8-20(16-22)19-6-3-2-4-7-19/h2-13,16-18H,14-15H2,1H3,(H,32,33). The number of methoxy groups -OCH3 is 1. The lowest BCUT2D eigenvalue weighted by atomic mass is 10.1. The Labute approximate surface area is 224 Å². The lowest BCUT2D eigenvalue weighted by Gasteiger charge is -2.14. The molecule has 0 fully saturated rings. The second-order valence-electron chi connectivity index (χ2n) is 7.87. The van der Waals surface area contributed by atoms with Crippen LogP contribution in [0, 0.1) is 0 Å². The topological polar surface area (TPSA) is 73.9 Å². The molecular weight excluding hydrogens is 513 g/mol. The number of hydrogen-bond donors (Lipinski definition) is 1. The summed E-state index contributed by atoms with van der Waals surface area (Å²) in [6.45, 7) is 0.529. The predicted octanol–water partition coefficient (Wildman–Crippen LogP) is 7.16. The molecule has 1 amide bonds. The highest BCUT2D eigenvalue weighted by molar-refractivity contribution is 6.37. The Morgan fingerprint density at radius 2 is 1.43 bits per heavy atom. The van der Waals surface area contributed by atoms with E-state index >= 15 is 0 Å². The van der Waals surface area contributed by atoms with Gasteiger partial charge < -0.3 is 19.5 Å². The average Bonchev–Trinajstić information content (AvgIpc) is 2.92. The highest BCUT2D eigenvalue weighted by Gasteiger charge is 2.18. The van der Waals surface area contributed by atoms with Gasteiger partial charge in [0, 0.05) is 5.02 Å². The lowest BCUT2D eigenvalue weighted by Crippen LogP contribution is -2.16. The van der Waals surface area contributed by atoms with E-state index in [1.54, 1.807) is 18.2 Å². The SMILES string of the molecule is COC(=O)c1cc(OCCOc2cccc(-c3ccccc3)c2)ccc1NC(=O)c1ccc(Cl)cc1Cl. The molecule has 4 rings (SSSR count). The number of esters is 1. The van der Waals surface area contributed by atoms with Crippen LogP contribution in [0.2, 0.25) is 10.0 Å². The fourth-order valence-corrected chi connectivity index (χ4v) is 4.07. The largest absolute Gasteiger partial charge is 0.490 e. The molecule has 8 heteroatoms. The molecule has 1 N–H and O–H groups in total. The Morgan fingerprint density at radius 3 is 2.14 bits per heavy atom. The maximum Gasteiger partial charge on any atom is 0.340 e. The molecule has 6 nitrogen and oxygen atoms in total. The van der Waals surface area contributed by atoms with Crippen LogP contribution in [0.1, 0.15) is 20.7 Å². The van der Waals surface area contributed by atoms with Crippen molar-refractivity contribution < 1.29 is 23.8 Å². The third-order valence-electron chi connectivity index (χ3n) is 5.38. The molecule has 188 valence electrons. The second kappa shape index (κ2) is 12.3. The van der Waals surface area contributed by atoms with Gasteiger partial charge in [-0.05, 0) is 59.7 Å². The van der Waals surface area contributed by atoms with Crippen molar-refractivity contribution in [3.63, 3.8) is 0 Å². The highest BCUT2D eigenvalue weighted by atomic mass is 35.5. The summed E-state index contributed by atoms with van der Waals surface area (Å²) in [5, 5.41) is 3.29. The van der Waals surface area contributed by atoms with Crippen molar-refractivity contribution in [3.05, 3.63) is 112 Å². The summed E-state index contributed by atoms with van der Waals surface area (Å²) in [7, 11) is 1.26. The van der Waals surface area contributed by atoms with Crippen LogP contribution in [0.3, 0.4) is 0 Å². The number of amides is 1. The lowest BCUT2D eigenvalue weighted by molar-refractivity contribution is 0.0601. The highest BCUT2D eigenvalue weighted by Crippen LogP contribution is 2.27. The van der Waals surface area contributed by atoms with Crippen LogP contribution in [-0.2, 0) is 4.74 Å². The molecule has 0 unspecified atom stereocenters. The van der Waals surface area contributed by atoms with Gasteiger partial charge >= 0.3 is 5.97 Å². The van der Waals surface area contributed by atoms with Gasteiger partial charge in [-0.25, -0.2) is 4.79 Å². The Hall–Kier alpha value is -4.00. The van der Waals surface area contributed by atoms with E-state index in [-0.39, 0.29) is 28.4 Å². The number of hydrogen-bond acceptors (Lipinski definition) is 5. The second-order valence-corrected chi connectivity index (χ2v) is 8.71. The number of halogens is 2. The Balaban J connectivity index is 1.39. The minimum absolute atomic E-state index is 0.134. The van der Waals surface area contributed by atoms with Crippen molar-refractivity contribution in [1.82, 2.24) is 0 Å². The Bertz CT molecular complexity index is 1410. The number of ether oxygens (including phenoxy) is 3. The first kappa shape index (κ1) is 26.1. The van der Waals surface area contributed by atoms with Crippen LogP contribution < -0.4 is 14.8 Å². The van der Waals surface area contributed by atoms with E-state index in [1.165, 1.54) is 25.3 Å². The average molecular weight is 536 g/mol. The van der Waals surface area contributed by atoms with Crippen LogP contribution in [-0.4, -0.2) is 32.2 Å². The first-order valence-electron chi connectivity index (χ1n) is 11.3. The number of nitrogens with one attached hydrogen (secondary N) is 1. The zero-order valence-electron chi connectivity index (χ0n) is 19.9. The van der Waals surface area contributed by atoms with Crippen LogP contribution in [0.5, 0.6) is 11.5 Å². The molecule has 4 aromatic rings. The predicted molar refractivity (Wildman–Crippen MR) is 145 cm³/mol. The molecule has 0 saturated heterocycles. The maximum absolute atomic E-state index is 12.7. The van der Waals surface area contributed by atoms with Crippen LogP contribution in [0.4, 0.5) is 5.69 Å². The van der Waals surface area contributed by atoms with Crippen LogP contribution in [0.15, 0.2) is 91.0 Å². The molecule has 0 atom stereocenters. The summed E-state index contributed by atoms with van der Waals surface area (Å²) in [6.07, 6.45) is 0. The minimum atomic E-state index is -0.628. The van der Waals surface area contributed by atoms with Gasteiger partial charge in [0.15, 0.2) is 0 Å². The van der Waals surface area contributed by atoms with Gasteiger partial charge in [0.25, 0.3) is 5.91 Å². The number of anilines is 1. The minimum Gasteiger partial charge on any atom is -0.490 e. The Morgan fingerprint density at radius 1 is 0.730 bits per heavy atom. The van der Waals surface area contributed by atoms with Crippen LogP contribution in [0.25, 0.3) is 11.1 Å². The van der Waals surface area contributed by atoms with Crippen molar-refractivity contribution in [1.29, 1.82) is 0 Å². The van der Waals surface area contributed by atoms with Gasteiger partial charge in [-0.1, -0.05) is 65.7 Å². The first-order chi connectivity index (χ1) is 17.9. The number of rotatable bonds is 9. The van der Waals surface area contributed by atoms with Crippen molar-refractivity contribution in [2.75, 3.05) is 25.6 Å². The fourth-order valence-electron chi connectivity index (χ4n) is 3.58. The van der Waals surface area contributed by atoms with E-state index in [0.717, 1.165) is 16.9 Å². The third-order valence-corrected chi connectivity index (χ3v) is 5.93. The molecule has 0 aliphatic rings. The molecule has 0 radical (unpaired) electrons. The van der Waals surface area contributed by atoms with Crippen LogP contribution >= 0.6 is 23.2 Å². The molecule has 0 aromatic heterocycles. The van der Waals surface area contributed by atoms with Gasteiger partial charge in [0.1, 0.15) is 24.7 Å². The molecule has 0 bridgehead atoms. The number of carbonyl (C=O) groups excluding carboxylic acids is 2. The summed E-state index contributed by atoms with van der Waals surface area (Å²) >= 11 is 12.0. The molecule has 0 aliphatic carbocycles. The molecular formula is C29H23Cl2NO5. The summed E-state index contributed by atoms with van der Waals surface area (Å²) in [6, 6.07) is 27.1. The quantitative estimate of drug-likeness (QED) is 0.182. The number of carbonyl (C=O) groups is 2. The maximum atomic E-state index is 12.7. The Kier molecular flexibility index (Phi) is 8.67. The van der Waals surface area contributed by atoms with Gasteiger partial charge in [-0.15, -0.1) is 0 Å². The fraction of sp³-hybridized carbons (Fsp3) is 0.103. The van der Waals surface area contributed by atoms with E-state index in [2.05, 4.69) is 5.32 Å². The van der Waals surface area contributed by atoms with Crippen molar-refractivity contribution >= 4 is 40.8 Å². The van der Waals surface area contributed by atoms with Gasteiger partial charge in [-0.2, -0.15) is 0 Å². The number of benzene rings is 4. The first-order valence-corrected chi connectivity index (χ1v) is 12.1. The summed E-state index contributed by atoms with van der Waals surface area (Å²) in [4.78, 5) is 25.1. The van der Waals surface area contributed by atoms with E-state index in [1.807, 2.05) is 54.6 Å². The molecule has 4 aromatic carbocycles. The molecule has 37 heavy (non-hydrogen) atoms. The van der Waals surface area contributed by atoms with Gasteiger partial charge in [-0.3, -0.25) is 4.79 Å². The molecule has 0 spiro atoms. The normalized spacial score (nSPS) is 10.5. The molecule has 0 saturated carbocycles. The van der Waals surface area contributed by atoms with Crippen molar-refractivity contribution in [2.24, 2.45) is 0 Å². The summed E-state index contributed by atoms with van der Waals surface area (Å²) in [5.74, 6) is 0.0206. The van der Waals surface area contributed by atoms with Gasteiger partial charge in [0.2, 0.25) is 0 Å². The van der Waals surface area contributed by atoms with E-state index in [0.29, 0.717) is 17.4 Å². The third kappa shape index (κ3) is 6.82. The van der Waals surface area contributed by atoms with E-state index < -0.39 is 11.9 Å². The zero-order valence-corrected chi connectivity index (χ0v) is 21.4. The summed E-state index contributed by atoms with van der Waals surface area (Å²) < 4.78 is 16.5. The monoisotopic (exact) mass is 535 g/mol.